The number of nitrogen functional groups attached to an aromatic ring is 1. The molecule has 21 heavy (non-hydrogen) atoms. The number of aryl methyl sites for hydroxylation is 1. The van der Waals surface area contributed by atoms with Crippen molar-refractivity contribution in [2.24, 2.45) is 0 Å². The molecule has 0 saturated heterocycles. The molecule has 0 aliphatic carbocycles. The van der Waals surface area contributed by atoms with E-state index in [1.807, 2.05) is 0 Å². The predicted octanol–water partition coefficient (Wildman–Crippen LogP) is 1.27. The van der Waals surface area contributed by atoms with Crippen LogP contribution in [0.5, 0.6) is 0 Å². The van der Waals surface area contributed by atoms with Crippen molar-refractivity contribution in [2.45, 2.75) is 19.9 Å². The molecule has 0 unspecified atom stereocenters. The molecule has 8 nitrogen and oxygen atoms in total. The predicted molar refractivity (Wildman–Crippen MR) is 80.2 cm³/mol. The second-order valence-corrected chi connectivity index (χ2v) is 5.49. The van der Waals surface area contributed by atoms with Gasteiger partial charge in [0.05, 0.1) is 6.54 Å². The summed E-state index contributed by atoms with van der Waals surface area (Å²) in [5.74, 6) is 0.890. The SMILES string of the molecule is CCc1ccc(CNc2nc(N)nc(-n3cncn3)n2)s1. The summed E-state index contributed by atoms with van der Waals surface area (Å²) in [4.78, 5) is 18.8. The molecule has 3 heterocycles. The van der Waals surface area contributed by atoms with Crippen molar-refractivity contribution in [3.8, 4) is 5.95 Å². The Morgan fingerprint density at radius 2 is 2.10 bits per heavy atom. The Bertz CT molecular complexity index is 721. The summed E-state index contributed by atoms with van der Waals surface area (Å²) in [6.07, 6.45) is 3.95. The zero-order valence-corrected chi connectivity index (χ0v) is 12.2. The van der Waals surface area contributed by atoms with Crippen molar-refractivity contribution >= 4 is 23.2 Å². The first kappa shape index (κ1) is 13.4. The number of nitrogens with two attached hydrogens (primary N) is 1. The van der Waals surface area contributed by atoms with Crippen molar-refractivity contribution in [1.82, 2.24) is 29.7 Å². The van der Waals surface area contributed by atoms with Gasteiger partial charge in [0.2, 0.25) is 11.9 Å². The molecule has 3 rings (SSSR count). The normalized spacial score (nSPS) is 10.7. The maximum atomic E-state index is 5.70. The highest BCUT2D eigenvalue weighted by atomic mass is 32.1. The maximum Gasteiger partial charge on any atom is 0.258 e. The molecule has 0 bridgehead atoms. The molecular formula is C12H14N8S. The number of aromatic nitrogens is 6. The van der Waals surface area contributed by atoms with Crippen LogP contribution in [-0.2, 0) is 13.0 Å². The van der Waals surface area contributed by atoms with Crippen LogP contribution in [0.4, 0.5) is 11.9 Å². The molecule has 0 spiro atoms. The van der Waals surface area contributed by atoms with Crippen molar-refractivity contribution in [3.63, 3.8) is 0 Å². The first-order valence-electron chi connectivity index (χ1n) is 6.42. The Labute approximate surface area is 125 Å². The highest BCUT2D eigenvalue weighted by Crippen LogP contribution is 2.18. The Kier molecular flexibility index (Phi) is 3.73. The molecule has 3 N–H and O–H groups in total. The first-order chi connectivity index (χ1) is 10.2. The number of hydrogen-bond donors (Lipinski definition) is 2. The van der Waals surface area contributed by atoms with Crippen LogP contribution < -0.4 is 11.1 Å². The standard InChI is InChI=1S/C12H14N8S/c1-2-8-3-4-9(21-8)5-15-11-17-10(13)18-12(19-11)20-7-14-6-16-20/h3-4,6-7H,2,5H2,1H3,(H3,13,15,17,18,19). The molecule has 0 aromatic carbocycles. The number of rotatable bonds is 5. The van der Waals surface area contributed by atoms with Gasteiger partial charge in [-0.1, -0.05) is 6.92 Å². The van der Waals surface area contributed by atoms with E-state index in [2.05, 4.69) is 49.4 Å². The van der Waals surface area contributed by atoms with Crippen LogP contribution in [0.3, 0.4) is 0 Å². The second kappa shape index (κ2) is 5.83. The molecular weight excluding hydrogens is 288 g/mol. The van der Waals surface area contributed by atoms with Gasteiger partial charge in [-0.25, -0.2) is 4.98 Å². The van der Waals surface area contributed by atoms with E-state index in [4.69, 9.17) is 5.73 Å². The lowest BCUT2D eigenvalue weighted by Gasteiger charge is -2.05. The van der Waals surface area contributed by atoms with E-state index in [0.29, 0.717) is 18.4 Å². The van der Waals surface area contributed by atoms with Crippen LogP contribution in [0.15, 0.2) is 24.8 Å². The lowest BCUT2D eigenvalue weighted by atomic mass is 10.4. The van der Waals surface area contributed by atoms with Crippen LogP contribution in [0, 0.1) is 0 Å². The van der Waals surface area contributed by atoms with Crippen molar-refractivity contribution in [2.75, 3.05) is 11.1 Å². The summed E-state index contributed by atoms with van der Waals surface area (Å²) in [5.41, 5.74) is 5.70. The highest BCUT2D eigenvalue weighted by molar-refractivity contribution is 7.12. The van der Waals surface area contributed by atoms with E-state index in [1.165, 1.54) is 27.1 Å². The van der Waals surface area contributed by atoms with Gasteiger partial charge in [0.25, 0.3) is 5.95 Å². The van der Waals surface area contributed by atoms with Crippen molar-refractivity contribution in [1.29, 1.82) is 0 Å². The van der Waals surface area contributed by atoms with E-state index in [1.54, 1.807) is 11.3 Å². The number of nitrogens with one attached hydrogen (secondary N) is 1. The fourth-order valence-corrected chi connectivity index (χ4v) is 2.64. The van der Waals surface area contributed by atoms with E-state index in [0.717, 1.165) is 6.42 Å². The molecule has 0 atom stereocenters. The number of anilines is 2. The first-order valence-corrected chi connectivity index (χ1v) is 7.24. The number of thiophene rings is 1. The van der Waals surface area contributed by atoms with E-state index >= 15 is 0 Å². The van der Waals surface area contributed by atoms with Crippen LogP contribution in [0.1, 0.15) is 16.7 Å². The Balaban J connectivity index is 1.76. The minimum Gasteiger partial charge on any atom is -0.368 e. The molecule has 3 aromatic rings. The summed E-state index contributed by atoms with van der Waals surface area (Å²) in [7, 11) is 0. The molecule has 0 aliphatic rings. The number of hydrogen-bond acceptors (Lipinski definition) is 8. The zero-order valence-electron chi connectivity index (χ0n) is 11.4. The van der Waals surface area contributed by atoms with Gasteiger partial charge in [-0.05, 0) is 18.6 Å². The fourth-order valence-electron chi connectivity index (χ4n) is 1.75. The third-order valence-corrected chi connectivity index (χ3v) is 3.98. The number of nitrogens with zero attached hydrogens (tertiary/aromatic N) is 6. The van der Waals surface area contributed by atoms with Crippen molar-refractivity contribution < 1.29 is 0 Å². The monoisotopic (exact) mass is 302 g/mol. The van der Waals surface area contributed by atoms with Gasteiger partial charge >= 0.3 is 0 Å². The van der Waals surface area contributed by atoms with Gasteiger partial charge in [-0.15, -0.1) is 11.3 Å². The average molecular weight is 302 g/mol. The Morgan fingerprint density at radius 3 is 2.81 bits per heavy atom. The fraction of sp³-hybridized carbons (Fsp3) is 0.250. The molecule has 108 valence electrons. The van der Waals surface area contributed by atoms with Crippen LogP contribution >= 0.6 is 11.3 Å². The summed E-state index contributed by atoms with van der Waals surface area (Å²) in [6, 6.07) is 4.23. The van der Waals surface area contributed by atoms with E-state index in [9.17, 15) is 0 Å². The smallest absolute Gasteiger partial charge is 0.258 e. The van der Waals surface area contributed by atoms with Crippen LogP contribution in [0.2, 0.25) is 0 Å². The molecule has 0 saturated carbocycles. The highest BCUT2D eigenvalue weighted by Gasteiger charge is 2.07. The molecule has 0 amide bonds. The summed E-state index contributed by atoms with van der Waals surface area (Å²) in [5, 5.41) is 7.12. The second-order valence-electron chi connectivity index (χ2n) is 4.23. The summed E-state index contributed by atoms with van der Waals surface area (Å²) < 4.78 is 1.43. The van der Waals surface area contributed by atoms with Gasteiger partial charge in [0, 0.05) is 9.75 Å². The van der Waals surface area contributed by atoms with Gasteiger partial charge in [0.15, 0.2) is 0 Å². The minimum absolute atomic E-state index is 0.137. The molecule has 0 fully saturated rings. The van der Waals surface area contributed by atoms with E-state index in [-0.39, 0.29) is 5.95 Å². The van der Waals surface area contributed by atoms with Crippen molar-refractivity contribution in [3.05, 3.63) is 34.5 Å². The maximum absolute atomic E-state index is 5.70. The Morgan fingerprint density at radius 1 is 1.24 bits per heavy atom. The largest absolute Gasteiger partial charge is 0.368 e. The summed E-state index contributed by atoms with van der Waals surface area (Å²) in [6.45, 7) is 2.78. The Hall–Kier alpha value is -2.55. The van der Waals surface area contributed by atoms with Gasteiger partial charge < -0.3 is 11.1 Å². The third kappa shape index (κ3) is 3.14. The van der Waals surface area contributed by atoms with Gasteiger partial charge in [-0.2, -0.15) is 24.7 Å². The zero-order chi connectivity index (χ0) is 14.7. The van der Waals surface area contributed by atoms with Crippen LogP contribution in [-0.4, -0.2) is 29.7 Å². The molecule has 3 aromatic heterocycles. The lowest BCUT2D eigenvalue weighted by Crippen LogP contribution is -2.11. The quantitative estimate of drug-likeness (QED) is 0.730. The molecule has 9 heteroatoms. The third-order valence-electron chi connectivity index (χ3n) is 2.75. The van der Waals surface area contributed by atoms with Crippen LogP contribution in [0.25, 0.3) is 5.95 Å². The minimum atomic E-state index is 0.137. The molecule has 0 aliphatic heterocycles. The topological polar surface area (TPSA) is 107 Å². The average Bonchev–Trinajstić information content (AvgIpc) is 3.16. The van der Waals surface area contributed by atoms with Gasteiger partial charge in [0.1, 0.15) is 12.7 Å². The summed E-state index contributed by atoms with van der Waals surface area (Å²) >= 11 is 1.77. The van der Waals surface area contributed by atoms with E-state index < -0.39 is 0 Å². The molecule has 0 radical (unpaired) electrons. The van der Waals surface area contributed by atoms with Gasteiger partial charge in [-0.3, -0.25) is 0 Å². The lowest BCUT2D eigenvalue weighted by molar-refractivity contribution is 0.797.